The molecule has 5 heteroatoms. The van der Waals surface area contributed by atoms with Gasteiger partial charge in [-0.3, -0.25) is 4.79 Å². The zero-order chi connectivity index (χ0) is 11.5. The molecule has 1 amide bonds. The average Bonchev–Trinajstić information content (AvgIpc) is 2.73. The molecule has 1 fully saturated rings. The number of nitrogens with two attached hydrogens (primary N) is 2. The van der Waals surface area contributed by atoms with Gasteiger partial charge in [0.25, 0.3) is 0 Å². The van der Waals surface area contributed by atoms with Crippen LogP contribution in [0.25, 0.3) is 0 Å². The van der Waals surface area contributed by atoms with E-state index in [1.165, 1.54) is 5.75 Å². The summed E-state index contributed by atoms with van der Waals surface area (Å²) in [5, 5.41) is 3.38. The van der Waals surface area contributed by atoms with Crippen LogP contribution in [0.4, 0.5) is 11.4 Å². The highest BCUT2D eigenvalue weighted by Gasteiger charge is 2.16. The highest BCUT2D eigenvalue weighted by Crippen LogP contribution is 2.25. The second-order valence-corrected chi connectivity index (χ2v) is 5.02. The first-order chi connectivity index (χ1) is 7.66. The number of nitrogens with one attached hydrogen (secondary N) is 1. The van der Waals surface area contributed by atoms with E-state index in [4.69, 9.17) is 11.5 Å². The Bertz CT molecular complexity index is 402. The Morgan fingerprint density at radius 1 is 1.50 bits per heavy atom. The van der Waals surface area contributed by atoms with E-state index in [1.807, 2.05) is 17.8 Å². The number of amides is 1. The highest BCUT2D eigenvalue weighted by molar-refractivity contribution is 7.99. The summed E-state index contributed by atoms with van der Waals surface area (Å²) in [7, 11) is 0. The number of hydrogen-bond acceptors (Lipinski definition) is 4. The molecule has 86 valence electrons. The van der Waals surface area contributed by atoms with E-state index in [0.717, 1.165) is 17.9 Å². The number of carbonyl (C=O) groups excluding carboxylic acids is 1. The van der Waals surface area contributed by atoms with Gasteiger partial charge in [-0.25, -0.2) is 0 Å². The van der Waals surface area contributed by atoms with Crippen molar-refractivity contribution in [3.63, 3.8) is 0 Å². The molecule has 0 radical (unpaired) electrons. The Morgan fingerprint density at radius 3 is 2.88 bits per heavy atom. The van der Waals surface area contributed by atoms with E-state index in [-0.39, 0.29) is 0 Å². The fourth-order valence-electron chi connectivity index (χ4n) is 1.72. The molecule has 1 aliphatic rings. The molecule has 1 atom stereocenters. The number of hydrogen-bond donors (Lipinski definition) is 3. The lowest BCUT2D eigenvalue weighted by atomic mass is 10.1. The predicted molar refractivity (Wildman–Crippen MR) is 68.7 cm³/mol. The second-order valence-electron chi connectivity index (χ2n) is 3.87. The van der Waals surface area contributed by atoms with E-state index < -0.39 is 5.91 Å². The molecule has 1 aromatic carbocycles. The number of nitrogen functional groups attached to an aromatic ring is 1. The first kappa shape index (κ1) is 11.1. The van der Waals surface area contributed by atoms with Crippen LogP contribution in [-0.2, 0) is 0 Å². The lowest BCUT2D eigenvalue weighted by Crippen LogP contribution is -2.19. The van der Waals surface area contributed by atoms with Crippen LogP contribution in [0, 0.1) is 0 Å². The van der Waals surface area contributed by atoms with Crippen molar-refractivity contribution in [1.82, 2.24) is 0 Å². The van der Waals surface area contributed by atoms with Crippen molar-refractivity contribution in [1.29, 1.82) is 0 Å². The van der Waals surface area contributed by atoms with Gasteiger partial charge in [0.2, 0.25) is 5.91 Å². The molecular weight excluding hydrogens is 222 g/mol. The van der Waals surface area contributed by atoms with E-state index in [2.05, 4.69) is 5.32 Å². The van der Waals surface area contributed by atoms with Crippen LogP contribution in [0.1, 0.15) is 16.8 Å². The van der Waals surface area contributed by atoms with Crippen molar-refractivity contribution in [3.05, 3.63) is 23.8 Å². The Hall–Kier alpha value is -1.36. The van der Waals surface area contributed by atoms with Crippen LogP contribution in [0.5, 0.6) is 0 Å². The summed E-state index contributed by atoms with van der Waals surface area (Å²) in [6, 6.07) is 5.61. The molecule has 1 heterocycles. The Labute approximate surface area is 98.8 Å². The summed E-state index contributed by atoms with van der Waals surface area (Å²) in [5.41, 5.74) is 12.9. The van der Waals surface area contributed by atoms with E-state index >= 15 is 0 Å². The molecule has 5 N–H and O–H groups in total. The average molecular weight is 237 g/mol. The van der Waals surface area contributed by atoms with Crippen LogP contribution in [-0.4, -0.2) is 23.5 Å². The van der Waals surface area contributed by atoms with Gasteiger partial charge >= 0.3 is 0 Å². The molecule has 1 unspecified atom stereocenters. The van der Waals surface area contributed by atoms with Gasteiger partial charge in [0.15, 0.2) is 0 Å². The Morgan fingerprint density at radius 2 is 2.31 bits per heavy atom. The Kier molecular flexibility index (Phi) is 3.24. The highest BCUT2D eigenvalue weighted by atomic mass is 32.2. The second kappa shape index (κ2) is 4.65. The van der Waals surface area contributed by atoms with Gasteiger partial charge in [-0.1, -0.05) is 0 Å². The van der Waals surface area contributed by atoms with Crippen LogP contribution < -0.4 is 16.8 Å². The number of thioether (sulfide) groups is 1. The maximum Gasteiger partial charge on any atom is 0.248 e. The minimum absolute atomic E-state index is 0.448. The van der Waals surface area contributed by atoms with Crippen LogP contribution in [0.2, 0.25) is 0 Å². The van der Waals surface area contributed by atoms with Crippen molar-refractivity contribution >= 4 is 29.0 Å². The maximum atomic E-state index is 11.0. The first-order valence-electron chi connectivity index (χ1n) is 5.20. The minimum Gasteiger partial charge on any atom is -0.397 e. The molecule has 0 aliphatic carbocycles. The topological polar surface area (TPSA) is 81.1 Å². The largest absolute Gasteiger partial charge is 0.397 e. The third-order valence-electron chi connectivity index (χ3n) is 2.63. The molecule has 0 saturated carbocycles. The molecule has 1 aromatic rings. The fourth-order valence-corrected chi connectivity index (χ4v) is 2.87. The summed E-state index contributed by atoms with van der Waals surface area (Å²) in [6.07, 6.45) is 1.15. The summed E-state index contributed by atoms with van der Waals surface area (Å²) in [4.78, 5) is 11.0. The van der Waals surface area contributed by atoms with Crippen molar-refractivity contribution in [2.75, 3.05) is 22.6 Å². The van der Waals surface area contributed by atoms with E-state index in [1.54, 1.807) is 12.1 Å². The zero-order valence-corrected chi connectivity index (χ0v) is 9.72. The lowest BCUT2D eigenvalue weighted by Gasteiger charge is -2.15. The molecular formula is C11H15N3OS. The van der Waals surface area contributed by atoms with Gasteiger partial charge in [0.05, 0.1) is 11.4 Å². The van der Waals surface area contributed by atoms with Crippen LogP contribution in [0.3, 0.4) is 0 Å². The smallest absolute Gasteiger partial charge is 0.248 e. The quantitative estimate of drug-likeness (QED) is 0.692. The lowest BCUT2D eigenvalue weighted by molar-refractivity contribution is 0.100. The third kappa shape index (κ3) is 2.41. The molecule has 16 heavy (non-hydrogen) atoms. The van der Waals surface area contributed by atoms with E-state index in [9.17, 15) is 4.79 Å². The number of anilines is 2. The van der Waals surface area contributed by atoms with Crippen LogP contribution in [0.15, 0.2) is 18.2 Å². The molecule has 2 rings (SSSR count). The summed E-state index contributed by atoms with van der Waals surface area (Å²) < 4.78 is 0. The maximum absolute atomic E-state index is 11.0. The van der Waals surface area contributed by atoms with Crippen LogP contribution >= 0.6 is 11.8 Å². The number of primary amides is 1. The molecule has 0 aromatic heterocycles. The van der Waals surface area contributed by atoms with Gasteiger partial charge in [0.1, 0.15) is 0 Å². The SMILES string of the molecule is NC(=O)c1ccc(NC2CCSC2)c(N)c1. The van der Waals surface area contributed by atoms with Crippen molar-refractivity contribution in [2.24, 2.45) is 5.73 Å². The summed E-state index contributed by atoms with van der Waals surface area (Å²) >= 11 is 1.94. The van der Waals surface area contributed by atoms with Crippen molar-refractivity contribution in [3.8, 4) is 0 Å². The molecule has 1 saturated heterocycles. The first-order valence-corrected chi connectivity index (χ1v) is 6.36. The monoisotopic (exact) mass is 237 g/mol. The zero-order valence-electron chi connectivity index (χ0n) is 8.90. The number of carbonyl (C=O) groups is 1. The van der Waals surface area contributed by atoms with E-state index in [0.29, 0.717) is 17.3 Å². The number of benzene rings is 1. The minimum atomic E-state index is -0.449. The standard InChI is InChI=1S/C11H15N3OS/c12-9-5-7(11(13)15)1-2-10(9)14-8-3-4-16-6-8/h1-2,5,8,14H,3-4,6,12H2,(H2,13,15). The van der Waals surface area contributed by atoms with Crippen molar-refractivity contribution in [2.45, 2.75) is 12.5 Å². The Balaban J connectivity index is 2.12. The fraction of sp³-hybridized carbons (Fsp3) is 0.364. The van der Waals surface area contributed by atoms with Crippen molar-refractivity contribution < 1.29 is 4.79 Å². The molecule has 4 nitrogen and oxygen atoms in total. The summed E-state index contributed by atoms with van der Waals surface area (Å²) in [5.74, 6) is 1.85. The molecule has 0 bridgehead atoms. The predicted octanol–water partition coefficient (Wildman–Crippen LogP) is 1.29. The number of rotatable bonds is 3. The molecule has 0 spiro atoms. The third-order valence-corrected chi connectivity index (χ3v) is 3.79. The van der Waals surface area contributed by atoms with Gasteiger partial charge in [-0.15, -0.1) is 0 Å². The van der Waals surface area contributed by atoms with Gasteiger partial charge < -0.3 is 16.8 Å². The van der Waals surface area contributed by atoms with Gasteiger partial charge in [-0.2, -0.15) is 11.8 Å². The molecule has 1 aliphatic heterocycles. The summed E-state index contributed by atoms with van der Waals surface area (Å²) in [6.45, 7) is 0. The van der Waals surface area contributed by atoms with Gasteiger partial charge in [0, 0.05) is 17.4 Å². The van der Waals surface area contributed by atoms with Gasteiger partial charge in [-0.05, 0) is 30.4 Å². The normalized spacial score (nSPS) is 19.6.